The summed E-state index contributed by atoms with van der Waals surface area (Å²) in [7, 11) is -3.55. The molecule has 184 valence electrons. The van der Waals surface area contributed by atoms with Crippen LogP contribution in [0.1, 0.15) is 47.9 Å². The Balaban J connectivity index is 1.33. The van der Waals surface area contributed by atoms with Crippen LogP contribution in [0.3, 0.4) is 0 Å². The molecule has 2 aliphatic rings. The molecule has 0 atom stereocenters. The van der Waals surface area contributed by atoms with Gasteiger partial charge in [-0.05, 0) is 57.9 Å². The molecular formula is C24H33N5O4S. The van der Waals surface area contributed by atoms with Crippen molar-refractivity contribution in [2.24, 2.45) is 0 Å². The molecule has 0 bridgehead atoms. The fourth-order valence-electron chi connectivity index (χ4n) is 4.81. The Hall–Kier alpha value is -2.72. The lowest BCUT2D eigenvalue weighted by molar-refractivity contribution is -0.131. The summed E-state index contributed by atoms with van der Waals surface area (Å²) >= 11 is 0. The molecule has 0 unspecified atom stereocenters. The van der Waals surface area contributed by atoms with Gasteiger partial charge < -0.3 is 9.80 Å². The van der Waals surface area contributed by atoms with Gasteiger partial charge in [0.2, 0.25) is 15.9 Å². The Labute approximate surface area is 201 Å². The molecule has 9 nitrogen and oxygen atoms in total. The minimum atomic E-state index is -3.55. The van der Waals surface area contributed by atoms with Crippen molar-refractivity contribution in [2.75, 3.05) is 44.2 Å². The van der Waals surface area contributed by atoms with Crippen LogP contribution >= 0.6 is 0 Å². The van der Waals surface area contributed by atoms with E-state index >= 15 is 0 Å². The third-order valence-electron chi connectivity index (χ3n) is 6.79. The van der Waals surface area contributed by atoms with E-state index in [0.717, 1.165) is 31.6 Å². The number of benzene rings is 1. The molecule has 1 aromatic carbocycles. The molecule has 2 fully saturated rings. The van der Waals surface area contributed by atoms with Crippen molar-refractivity contribution < 1.29 is 18.0 Å². The predicted molar refractivity (Wildman–Crippen MR) is 130 cm³/mol. The normalized spacial score (nSPS) is 17.4. The molecule has 34 heavy (non-hydrogen) atoms. The number of aryl methyl sites for hydroxylation is 2. The molecule has 3 heterocycles. The van der Waals surface area contributed by atoms with Crippen LogP contribution in [0.4, 0.5) is 5.69 Å². The molecular weight excluding hydrogens is 454 g/mol. The van der Waals surface area contributed by atoms with Crippen LogP contribution in [0.15, 0.2) is 29.2 Å². The van der Waals surface area contributed by atoms with Gasteiger partial charge in [-0.15, -0.1) is 0 Å². The molecule has 2 aromatic rings. The number of Topliss-reactive ketones (excluding diaryl/α,β-unsaturated/α-hetero) is 1. The molecule has 0 N–H and O–H groups in total. The second-order valence-corrected chi connectivity index (χ2v) is 10.9. The van der Waals surface area contributed by atoms with Crippen molar-refractivity contribution in [2.45, 2.75) is 51.5 Å². The summed E-state index contributed by atoms with van der Waals surface area (Å²) in [6.07, 6.45) is 2.05. The topological polar surface area (TPSA) is 95.8 Å². The van der Waals surface area contributed by atoms with E-state index in [-0.39, 0.29) is 23.0 Å². The maximum absolute atomic E-state index is 13.1. The summed E-state index contributed by atoms with van der Waals surface area (Å²) in [5.41, 5.74) is 2.82. The van der Waals surface area contributed by atoms with Gasteiger partial charge in [-0.1, -0.05) is 0 Å². The van der Waals surface area contributed by atoms with Gasteiger partial charge in [-0.3, -0.25) is 14.3 Å². The van der Waals surface area contributed by atoms with E-state index in [9.17, 15) is 18.0 Å². The van der Waals surface area contributed by atoms with Crippen LogP contribution in [0.2, 0.25) is 0 Å². The molecule has 2 saturated heterocycles. The average molecular weight is 488 g/mol. The Kier molecular flexibility index (Phi) is 7.09. The number of carbonyl (C=O) groups is 2. The Morgan fingerprint density at radius 3 is 2.15 bits per heavy atom. The van der Waals surface area contributed by atoms with Crippen molar-refractivity contribution in [3.05, 3.63) is 41.2 Å². The summed E-state index contributed by atoms with van der Waals surface area (Å²) in [6, 6.07) is 7.57. The molecule has 0 aliphatic carbocycles. The number of hydrogen-bond acceptors (Lipinski definition) is 6. The van der Waals surface area contributed by atoms with Gasteiger partial charge in [-0.25, -0.2) is 8.42 Å². The van der Waals surface area contributed by atoms with E-state index in [1.165, 1.54) is 4.31 Å². The maximum Gasteiger partial charge on any atom is 0.246 e. The maximum atomic E-state index is 13.1. The number of sulfonamides is 1. The Bertz CT molecular complexity index is 1160. The minimum Gasteiger partial charge on any atom is -0.368 e. The highest BCUT2D eigenvalue weighted by molar-refractivity contribution is 7.89. The highest BCUT2D eigenvalue weighted by Crippen LogP contribution is 2.26. The van der Waals surface area contributed by atoms with Crippen LogP contribution in [-0.2, 0) is 21.4 Å². The van der Waals surface area contributed by atoms with Crippen LogP contribution in [-0.4, -0.2) is 78.4 Å². The van der Waals surface area contributed by atoms with Crippen LogP contribution in [0.25, 0.3) is 0 Å². The number of anilines is 1. The van der Waals surface area contributed by atoms with E-state index in [4.69, 9.17) is 0 Å². The van der Waals surface area contributed by atoms with Crippen LogP contribution in [0, 0.1) is 13.8 Å². The Morgan fingerprint density at radius 1 is 0.941 bits per heavy atom. The molecule has 2 aliphatic heterocycles. The van der Waals surface area contributed by atoms with E-state index < -0.39 is 10.0 Å². The fourth-order valence-corrected chi connectivity index (χ4v) is 6.70. The SMILES string of the molecule is CC(=O)c1ccc(N2CCN(C(=O)CCn3nc(C)c(S(=O)(=O)N4CCCC4)c3C)CC2)cc1. The number of hydrogen-bond donors (Lipinski definition) is 0. The van der Waals surface area contributed by atoms with Crippen LogP contribution in [0.5, 0.6) is 0 Å². The van der Waals surface area contributed by atoms with E-state index in [2.05, 4.69) is 10.00 Å². The predicted octanol–water partition coefficient (Wildman–Crippen LogP) is 2.23. The van der Waals surface area contributed by atoms with Gasteiger partial charge in [0.1, 0.15) is 4.90 Å². The largest absolute Gasteiger partial charge is 0.368 e. The van der Waals surface area contributed by atoms with Crippen molar-refractivity contribution in [1.82, 2.24) is 19.0 Å². The lowest BCUT2D eigenvalue weighted by Crippen LogP contribution is -2.49. The molecule has 0 radical (unpaired) electrons. The summed E-state index contributed by atoms with van der Waals surface area (Å²) in [4.78, 5) is 28.7. The highest BCUT2D eigenvalue weighted by atomic mass is 32.2. The van der Waals surface area contributed by atoms with Gasteiger partial charge in [0.15, 0.2) is 5.78 Å². The summed E-state index contributed by atoms with van der Waals surface area (Å²) in [6.45, 7) is 9.20. The van der Waals surface area contributed by atoms with Crippen molar-refractivity contribution in [3.63, 3.8) is 0 Å². The number of rotatable bonds is 7. The first-order chi connectivity index (χ1) is 16.2. The van der Waals surface area contributed by atoms with Crippen molar-refractivity contribution in [1.29, 1.82) is 0 Å². The van der Waals surface area contributed by atoms with Crippen LogP contribution < -0.4 is 4.90 Å². The van der Waals surface area contributed by atoms with Gasteiger partial charge >= 0.3 is 0 Å². The first-order valence-electron chi connectivity index (χ1n) is 11.9. The number of aromatic nitrogens is 2. The molecule has 1 amide bonds. The number of nitrogens with zero attached hydrogens (tertiary/aromatic N) is 5. The van der Waals surface area contributed by atoms with Crippen molar-refractivity contribution in [3.8, 4) is 0 Å². The van der Waals surface area contributed by atoms with E-state index in [1.807, 2.05) is 29.2 Å². The number of ketones is 1. The number of amides is 1. The summed E-state index contributed by atoms with van der Waals surface area (Å²) in [5.74, 6) is 0.0911. The number of carbonyl (C=O) groups excluding carboxylic acids is 2. The molecule has 0 spiro atoms. The molecule has 4 rings (SSSR count). The number of piperazine rings is 1. The molecule has 0 saturated carbocycles. The lowest BCUT2D eigenvalue weighted by Gasteiger charge is -2.36. The zero-order valence-corrected chi connectivity index (χ0v) is 21.0. The van der Waals surface area contributed by atoms with E-state index in [0.29, 0.717) is 49.7 Å². The summed E-state index contributed by atoms with van der Waals surface area (Å²) < 4.78 is 29.3. The molecule has 10 heteroatoms. The zero-order valence-electron chi connectivity index (χ0n) is 20.2. The minimum absolute atomic E-state index is 0.0445. The monoisotopic (exact) mass is 487 g/mol. The van der Waals surface area contributed by atoms with Crippen molar-refractivity contribution >= 4 is 27.4 Å². The second kappa shape index (κ2) is 9.87. The lowest BCUT2D eigenvalue weighted by atomic mass is 10.1. The first-order valence-corrected chi connectivity index (χ1v) is 13.3. The van der Waals surface area contributed by atoms with Gasteiger partial charge in [0, 0.05) is 56.9 Å². The first kappa shape index (κ1) is 24.4. The third kappa shape index (κ3) is 4.88. The second-order valence-electron chi connectivity index (χ2n) is 9.06. The fraction of sp³-hybridized carbons (Fsp3) is 0.542. The van der Waals surface area contributed by atoms with Gasteiger partial charge in [0.05, 0.1) is 17.9 Å². The van der Waals surface area contributed by atoms with E-state index in [1.54, 1.807) is 25.5 Å². The highest BCUT2D eigenvalue weighted by Gasteiger charge is 2.32. The standard InChI is InChI=1S/C24H33N5O4S/c1-18-24(34(32,33)28-11-4-5-12-28)19(2)29(25-18)13-10-23(31)27-16-14-26(15-17-27)22-8-6-21(7-9-22)20(3)30/h6-9H,4-5,10-17H2,1-3H3. The zero-order chi connectivity index (χ0) is 24.5. The molecule has 1 aromatic heterocycles. The average Bonchev–Trinajstić information content (AvgIpc) is 3.46. The smallest absolute Gasteiger partial charge is 0.246 e. The van der Waals surface area contributed by atoms with Gasteiger partial charge in [0.25, 0.3) is 0 Å². The summed E-state index contributed by atoms with van der Waals surface area (Å²) in [5, 5.41) is 4.44. The third-order valence-corrected chi connectivity index (χ3v) is 8.94. The Morgan fingerprint density at radius 2 is 1.56 bits per heavy atom. The van der Waals surface area contributed by atoms with Gasteiger partial charge in [-0.2, -0.15) is 9.40 Å². The quantitative estimate of drug-likeness (QED) is 0.556.